The first kappa shape index (κ1) is 14.4. The van der Waals surface area contributed by atoms with E-state index in [4.69, 9.17) is 26.6 Å². The Kier molecular flexibility index (Phi) is 3.96. The maximum atomic E-state index is 12.2. The fraction of sp³-hybridized carbons (Fsp3) is 0.231. The minimum Gasteiger partial charge on any atom is -0.495 e. The van der Waals surface area contributed by atoms with Gasteiger partial charge in [0.05, 0.1) is 29.6 Å². The van der Waals surface area contributed by atoms with Crippen LogP contribution in [0.15, 0.2) is 23.1 Å². The monoisotopic (exact) mass is 297 g/mol. The molecule has 0 bridgehead atoms. The highest BCUT2D eigenvalue weighted by Crippen LogP contribution is 2.29. The molecule has 0 saturated carbocycles. The van der Waals surface area contributed by atoms with Crippen molar-refractivity contribution in [3.63, 3.8) is 0 Å². The molecule has 20 heavy (non-hydrogen) atoms. The van der Waals surface area contributed by atoms with Gasteiger partial charge < -0.3 is 19.5 Å². The lowest BCUT2D eigenvalue weighted by molar-refractivity contribution is 0.0694. The highest BCUT2D eigenvalue weighted by atomic mass is 35.5. The number of halogens is 1. The van der Waals surface area contributed by atoms with Crippen molar-refractivity contribution in [1.82, 2.24) is 4.57 Å². The second-order valence-electron chi connectivity index (χ2n) is 4.07. The molecular formula is C13H12ClNO5. The van der Waals surface area contributed by atoms with Crippen LogP contribution in [-0.4, -0.2) is 34.5 Å². The molecule has 0 aliphatic rings. The Balaban J connectivity index is 3.01. The summed E-state index contributed by atoms with van der Waals surface area (Å²) in [6, 6.07) is 3.05. The number of ether oxygens (including phenoxy) is 1. The zero-order valence-electron chi connectivity index (χ0n) is 10.6. The van der Waals surface area contributed by atoms with E-state index in [9.17, 15) is 9.59 Å². The maximum absolute atomic E-state index is 12.2. The number of pyridine rings is 1. The smallest absolute Gasteiger partial charge is 0.341 e. The van der Waals surface area contributed by atoms with Crippen molar-refractivity contribution in [2.24, 2.45) is 0 Å². The Labute approximate surface area is 118 Å². The van der Waals surface area contributed by atoms with Gasteiger partial charge >= 0.3 is 5.97 Å². The largest absolute Gasteiger partial charge is 0.495 e. The number of fused-ring (bicyclic) bond motifs is 1. The van der Waals surface area contributed by atoms with Gasteiger partial charge in [0.25, 0.3) is 0 Å². The third-order valence-corrected chi connectivity index (χ3v) is 3.24. The summed E-state index contributed by atoms with van der Waals surface area (Å²) in [6.07, 6.45) is 1.18. The maximum Gasteiger partial charge on any atom is 0.341 e. The van der Waals surface area contributed by atoms with Crippen molar-refractivity contribution in [2.75, 3.05) is 13.7 Å². The molecule has 2 aromatic rings. The van der Waals surface area contributed by atoms with E-state index < -0.39 is 17.0 Å². The zero-order chi connectivity index (χ0) is 14.9. The average molecular weight is 298 g/mol. The van der Waals surface area contributed by atoms with Gasteiger partial charge in [-0.15, -0.1) is 0 Å². The first-order chi connectivity index (χ1) is 9.51. The van der Waals surface area contributed by atoms with E-state index in [1.807, 2.05) is 0 Å². The lowest BCUT2D eigenvalue weighted by Crippen LogP contribution is -2.20. The number of nitrogens with zero attached hydrogens (tertiary/aromatic N) is 1. The van der Waals surface area contributed by atoms with Crippen molar-refractivity contribution >= 4 is 28.5 Å². The third kappa shape index (κ3) is 2.23. The van der Waals surface area contributed by atoms with Crippen LogP contribution in [0.3, 0.4) is 0 Å². The van der Waals surface area contributed by atoms with E-state index in [0.29, 0.717) is 11.3 Å². The normalized spacial score (nSPS) is 10.8. The summed E-state index contributed by atoms with van der Waals surface area (Å²) < 4.78 is 6.63. The predicted octanol–water partition coefficient (Wildman–Crippen LogP) is 1.35. The highest BCUT2D eigenvalue weighted by Gasteiger charge is 2.19. The van der Waals surface area contributed by atoms with Gasteiger partial charge in [0, 0.05) is 12.7 Å². The van der Waals surface area contributed by atoms with Gasteiger partial charge in [0.1, 0.15) is 11.3 Å². The van der Waals surface area contributed by atoms with Crippen molar-refractivity contribution in [3.8, 4) is 5.75 Å². The molecule has 1 aromatic carbocycles. The van der Waals surface area contributed by atoms with Crippen LogP contribution in [0.1, 0.15) is 10.4 Å². The zero-order valence-corrected chi connectivity index (χ0v) is 11.3. The van der Waals surface area contributed by atoms with Gasteiger partial charge in [-0.2, -0.15) is 0 Å². The molecule has 0 aliphatic heterocycles. The molecule has 1 heterocycles. The Morgan fingerprint density at radius 3 is 2.70 bits per heavy atom. The number of aromatic carboxylic acids is 1. The van der Waals surface area contributed by atoms with Crippen molar-refractivity contribution in [2.45, 2.75) is 6.54 Å². The molecule has 0 fully saturated rings. The summed E-state index contributed by atoms with van der Waals surface area (Å²) in [7, 11) is 1.43. The first-order valence-electron chi connectivity index (χ1n) is 5.75. The standard InChI is InChI=1S/C13H12ClNO5/c1-20-9-3-2-8(14)10-11(9)15(4-5-16)6-7(12(10)17)13(18)19/h2-3,6,16H,4-5H2,1H3,(H,18,19). The first-order valence-corrected chi connectivity index (χ1v) is 6.12. The fourth-order valence-corrected chi connectivity index (χ4v) is 2.30. The second kappa shape index (κ2) is 5.52. The molecule has 0 radical (unpaired) electrons. The molecule has 2 N–H and O–H groups in total. The molecule has 0 amide bonds. The Hall–Kier alpha value is -2.05. The summed E-state index contributed by atoms with van der Waals surface area (Å²) in [6.45, 7) is -0.0968. The van der Waals surface area contributed by atoms with Crippen LogP contribution in [0.5, 0.6) is 5.75 Å². The minimum absolute atomic E-state index is 0.0689. The van der Waals surface area contributed by atoms with Crippen molar-refractivity contribution in [1.29, 1.82) is 0 Å². The van der Waals surface area contributed by atoms with Gasteiger partial charge in [-0.05, 0) is 12.1 Å². The molecule has 0 unspecified atom stereocenters. The Morgan fingerprint density at radius 2 is 2.15 bits per heavy atom. The van der Waals surface area contributed by atoms with Crippen LogP contribution in [0.4, 0.5) is 0 Å². The number of hydrogen-bond donors (Lipinski definition) is 2. The highest BCUT2D eigenvalue weighted by molar-refractivity contribution is 6.35. The Bertz CT molecular complexity index is 738. The number of rotatable bonds is 4. The predicted molar refractivity (Wildman–Crippen MR) is 73.8 cm³/mol. The van der Waals surface area contributed by atoms with Crippen LogP contribution in [-0.2, 0) is 6.54 Å². The number of aromatic nitrogens is 1. The number of aliphatic hydroxyl groups is 1. The van der Waals surface area contributed by atoms with E-state index in [0.717, 1.165) is 0 Å². The molecule has 0 saturated heterocycles. The molecule has 2 rings (SSSR count). The third-order valence-electron chi connectivity index (χ3n) is 2.93. The van der Waals surface area contributed by atoms with E-state index in [-0.39, 0.29) is 23.6 Å². The van der Waals surface area contributed by atoms with Crippen LogP contribution in [0.25, 0.3) is 10.9 Å². The van der Waals surface area contributed by atoms with E-state index in [2.05, 4.69) is 0 Å². The number of carboxylic acids is 1. The minimum atomic E-state index is -1.34. The SMILES string of the molecule is COc1ccc(Cl)c2c(=O)c(C(=O)O)cn(CCO)c12. The van der Waals surface area contributed by atoms with Gasteiger partial charge in [-0.3, -0.25) is 4.79 Å². The molecule has 7 heteroatoms. The summed E-state index contributed by atoms with van der Waals surface area (Å²) in [5.41, 5.74) is -0.712. The van der Waals surface area contributed by atoms with Crippen molar-refractivity contribution in [3.05, 3.63) is 39.1 Å². The van der Waals surface area contributed by atoms with Gasteiger partial charge in [0.15, 0.2) is 0 Å². The lowest BCUT2D eigenvalue weighted by atomic mass is 10.1. The second-order valence-corrected chi connectivity index (χ2v) is 4.47. The number of benzene rings is 1. The van der Waals surface area contributed by atoms with Crippen LogP contribution in [0.2, 0.25) is 5.02 Å². The van der Waals surface area contributed by atoms with E-state index in [1.165, 1.54) is 23.9 Å². The van der Waals surface area contributed by atoms with Crippen LogP contribution < -0.4 is 10.2 Å². The molecule has 0 aliphatic carbocycles. The van der Waals surface area contributed by atoms with E-state index >= 15 is 0 Å². The molecule has 0 spiro atoms. The summed E-state index contributed by atoms with van der Waals surface area (Å²) in [5, 5.41) is 18.4. The lowest BCUT2D eigenvalue weighted by Gasteiger charge is -2.14. The number of aliphatic hydroxyl groups excluding tert-OH is 1. The van der Waals surface area contributed by atoms with E-state index in [1.54, 1.807) is 6.07 Å². The number of hydrogen-bond acceptors (Lipinski definition) is 4. The fourth-order valence-electron chi connectivity index (χ4n) is 2.06. The summed E-state index contributed by atoms with van der Waals surface area (Å²) in [5.74, 6) is -0.964. The van der Waals surface area contributed by atoms with Crippen LogP contribution in [0, 0.1) is 0 Å². The number of methoxy groups -OCH3 is 1. The summed E-state index contributed by atoms with van der Waals surface area (Å²) in [4.78, 5) is 23.4. The molecule has 106 valence electrons. The molecule has 0 atom stereocenters. The quantitative estimate of drug-likeness (QED) is 0.889. The molecule has 1 aromatic heterocycles. The molecular weight excluding hydrogens is 286 g/mol. The average Bonchev–Trinajstić information content (AvgIpc) is 2.41. The van der Waals surface area contributed by atoms with Gasteiger partial charge in [0.2, 0.25) is 5.43 Å². The summed E-state index contributed by atoms with van der Waals surface area (Å²) >= 11 is 6.02. The topological polar surface area (TPSA) is 88.8 Å². The Morgan fingerprint density at radius 1 is 1.45 bits per heavy atom. The van der Waals surface area contributed by atoms with Gasteiger partial charge in [-0.1, -0.05) is 11.6 Å². The number of carbonyl (C=O) groups is 1. The van der Waals surface area contributed by atoms with Gasteiger partial charge in [-0.25, -0.2) is 4.79 Å². The van der Waals surface area contributed by atoms with Crippen molar-refractivity contribution < 1.29 is 19.7 Å². The molecule has 6 nitrogen and oxygen atoms in total. The van der Waals surface area contributed by atoms with Crippen LogP contribution >= 0.6 is 11.6 Å². The number of carboxylic acid groups (broad SMARTS) is 1.